The molecular weight excluding hydrogens is 494 g/mol. The van der Waals surface area contributed by atoms with Gasteiger partial charge in [0.15, 0.2) is 0 Å². The van der Waals surface area contributed by atoms with E-state index < -0.39 is 26.0 Å². The molecule has 0 atom stereocenters. The van der Waals surface area contributed by atoms with E-state index in [1.54, 1.807) is 12.1 Å². The summed E-state index contributed by atoms with van der Waals surface area (Å²) in [5.74, 6) is 0.276. The lowest BCUT2D eigenvalue weighted by Crippen LogP contribution is -2.15. The monoisotopic (exact) mass is 519 g/mol. The zero-order valence-corrected chi connectivity index (χ0v) is 20.9. The van der Waals surface area contributed by atoms with E-state index in [1.807, 2.05) is 0 Å². The average Bonchev–Trinajstić information content (AvgIpc) is 2.84. The average molecular weight is 520 g/mol. The molecule has 186 valence electrons. The molecule has 0 heterocycles. The van der Waals surface area contributed by atoms with E-state index in [4.69, 9.17) is 9.47 Å². The van der Waals surface area contributed by atoms with Gasteiger partial charge in [0.2, 0.25) is 10.0 Å². The first-order valence-electron chi connectivity index (χ1n) is 10.3. The molecule has 3 rings (SSSR count). The number of carbonyl (C=O) groups is 1. The third-order valence-electron chi connectivity index (χ3n) is 4.87. The first-order valence-corrected chi connectivity index (χ1v) is 13.5. The van der Waals surface area contributed by atoms with Crippen molar-refractivity contribution in [1.82, 2.24) is 0 Å². The first-order chi connectivity index (χ1) is 16.6. The SMILES string of the molecule is CCS(=O)(=O)Nc1ccc(C(=O)Nc2ccc(S(=O)(=O)Nc3cc(OC)ccc3OC)cc2)cc1. The summed E-state index contributed by atoms with van der Waals surface area (Å²) in [4.78, 5) is 12.5. The van der Waals surface area contributed by atoms with Crippen LogP contribution in [0.25, 0.3) is 0 Å². The molecular formula is C23H25N3O7S2. The second-order valence-electron chi connectivity index (χ2n) is 7.23. The lowest BCUT2D eigenvalue weighted by atomic mass is 10.2. The van der Waals surface area contributed by atoms with Crippen LogP contribution < -0.4 is 24.2 Å². The minimum absolute atomic E-state index is 0.0204. The maximum absolute atomic E-state index is 12.8. The van der Waals surface area contributed by atoms with Crippen LogP contribution in [-0.2, 0) is 20.0 Å². The smallest absolute Gasteiger partial charge is 0.262 e. The quantitative estimate of drug-likeness (QED) is 0.372. The summed E-state index contributed by atoms with van der Waals surface area (Å²) in [6.45, 7) is 1.52. The van der Waals surface area contributed by atoms with Crippen LogP contribution in [0.5, 0.6) is 11.5 Å². The molecule has 0 aromatic heterocycles. The maximum Gasteiger partial charge on any atom is 0.262 e. The van der Waals surface area contributed by atoms with Crippen LogP contribution in [0, 0.1) is 0 Å². The minimum Gasteiger partial charge on any atom is -0.497 e. The number of ether oxygens (including phenoxy) is 2. The van der Waals surface area contributed by atoms with Gasteiger partial charge in [-0.25, -0.2) is 16.8 Å². The van der Waals surface area contributed by atoms with Crippen molar-refractivity contribution >= 4 is 43.0 Å². The van der Waals surface area contributed by atoms with E-state index in [1.165, 1.54) is 75.7 Å². The minimum atomic E-state index is -3.94. The molecule has 0 unspecified atom stereocenters. The maximum atomic E-state index is 12.8. The van der Waals surface area contributed by atoms with Crippen LogP contribution in [-0.4, -0.2) is 42.7 Å². The van der Waals surface area contributed by atoms with E-state index in [2.05, 4.69) is 14.8 Å². The van der Waals surface area contributed by atoms with Gasteiger partial charge in [-0.05, 0) is 67.6 Å². The second kappa shape index (κ2) is 10.7. The third-order valence-corrected chi connectivity index (χ3v) is 7.56. The van der Waals surface area contributed by atoms with Crippen LogP contribution in [0.3, 0.4) is 0 Å². The van der Waals surface area contributed by atoms with Gasteiger partial charge in [-0.15, -0.1) is 0 Å². The number of hydrogen-bond donors (Lipinski definition) is 3. The Morgan fingerprint density at radius 1 is 0.800 bits per heavy atom. The zero-order valence-electron chi connectivity index (χ0n) is 19.2. The fourth-order valence-corrected chi connectivity index (χ4v) is 4.66. The molecule has 10 nitrogen and oxygen atoms in total. The highest BCUT2D eigenvalue weighted by Gasteiger charge is 2.18. The predicted octanol–water partition coefficient (Wildman–Crippen LogP) is 3.52. The van der Waals surface area contributed by atoms with Gasteiger partial charge in [0.05, 0.1) is 30.6 Å². The van der Waals surface area contributed by atoms with Crippen molar-refractivity contribution in [2.75, 3.05) is 34.7 Å². The Labute approximate surface area is 204 Å². The van der Waals surface area contributed by atoms with Gasteiger partial charge < -0.3 is 14.8 Å². The van der Waals surface area contributed by atoms with E-state index >= 15 is 0 Å². The number of carbonyl (C=O) groups excluding carboxylic acids is 1. The summed E-state index contributed by atoms with van der Waals surface area (Å²) in [5, 5.41) is 2.67. The molecule has 0 fully saturated rings. The molecule has 12 heteroatoms. The molecule has 1 amide bonds. The summed E-state index contributed by atoms with van der Waals surface area (Å²) in [6.07, 6.45) is 0. The fourth-order valence-electron chi connectivity index (χ4n) is 2.96. The molecule has 0 spiro atoms. The molecule has 3 aromatic rings. The number of benzene rings is 3. The molecule has 0 aliphatic rings. The van der Waals surface area contributed by atoms with Crippen LogP contribution in [0.1, 0.15) is 17.3 Å². The fraction of sp³-hybridized carbons (Fsp3) is 0.174. The number of rotatable bonds is 10. The van der Waals surface area contributed by atoms with Gasteiger partial charge in [0.25, 0.3) is 15.9 Å². The molecule has 3 N–H and O–H groups in total. The van der Waals surface area contributed by atoms with E-state index in [0.717, 1.165) is 0 Å². The highest BCUT2D eigenvalue weighted by atomic mass is 32.2. The van der Waals surface area contributed by atoms with Gasteiger partial charge in [-0.1, -0.05) is 0 Å². The Morgan fingerprint density at radius 3 is 2.00 bits per heavy atom. The van der Waals surface area contributed by atoms with Crippen molar-refractivity contribution in [3.63, 3.8) is 0 Å². The number of amides is 1. The molecule has 0 aliphatic heterocycles. The summed E-state index contributed by atoms with van der Waals surface area (Å²) >= 11 is 0. The van der Waals surface area contributed by atoms with E-state index in [9.17, 15) is 21.6 Å². The summed E-state index contributed by atoms with van der Waals surface area (Å²) in [6, 6.07) is 16.3. The summed E-state index contributed by atoms with van der Waals surface area (Å²) in [5.41, 5.74) is 1.24. The number of nitrogens with one attached hydrogen (secondary N) is 3. The third kappa shape index (κ3) is 6.64. The summed E-state index contributed by atoms with van der Waals surface area (Å²) in [7, 11) is -4.47. The van der Waals surface area contributed by atoms with Gasteiger partial charge in [0.1, 0.15) is 11.5 Å². The van der Waals surface area contributed by atoms with E-state index in [-0.39, 0.29) is 16.3 Å². The molecule has 0 saturated heterocycles. The van der Waals surface area contributed by atoms with Gasteiger partial charge in [-0.2, -0.15) is 0 Å². The van der Waals surface area contributed by atoms with Crippen molar-refractivity contribution in [3.8, 4) is 11.5 Å². The molecule has 3 aromatic carbocycles. The van der Waals surface area contributed by atoms with Crippen molar-refractivity contribution < 1.29 is 31.1 Å². The first kappa shape index (κ1) is 25.8. The van der Waals surface area contributed by atoms with Gasteiger partial charge in [-0.3, -0.25) is 14.2 Å². The Kier molecular flexibility index (Phi) is 7.87. The van der Waals surface area contributed by atoms with Crippen molar-refractivity contribution in [1.29, 1.82) is 0 Å². The number of sulfonamides is 2. The number of methoxy groups -OCH3 is 2. The second-order valence-corrected chi connectivity index (χ2v) is 10.9. The largest absolute Gasteiger partial charge is 0.497 e. The van der Waals surface area contributed by atoms with Crippen LogP contribution in [0.15, 0.2) is 71.6 Å². The lowest BCUT2D eigenvalue weighted by Gasteiger charge is -2.13. The van der Waals surface area contributed by atoms with Crippen molar-refractivity contribution in [2.24, 2.45) is 0 Å². The molecule has 0 aliphatic carbocycles. The van der Waals surface area contributed by atoms with Crippen molar-refractivity contribution in [2.45, 2.75) is 11.8 Å². The van der Waals surface area contributed by atoms with Gasteiger partial charge in [0, 0.05) is 23.0 Å². The normalized spacial score (nSPS) is 11.4. The Morgan fingerprint density at radius 2 is 1.43 bits per heavy atom. The summed E-state index contributed by atoms with van der Waals surface area (Å²) < 4.78 is 64.2. The highest BCUT2D eigenvalue weighted by Crippen LogP contribution is 2.31. The Bertz CT molecular complexity index is 1400. The van der Waals surface area contributed by atoms with Crippen LogP contribution in [0.2, 0.25) is 0 Å². The lowest BCUT2D eigenvalue weighted by molar-refractivity contribution is 0.102. The zero-order chi connectivity index (χ0) is 25.6. The van der Waals surface area contributed by atoms with E-state index in [0.29, 0.717) is 28.4 Å². The number of hydrogen-bond acceptors (Lipinski definition) is 7. The molecule has 0 saturated carbocycles. The molecule has 35 heavy (non-hydrogen) atoms. The topological polar surface area (TPSA) is 140 Å². The highest BCUT2D eigenvalue weighted by molar-refractivity contribution is 7.93. The molecule has 0 radical (unpaired) electrons. The standard InChI is InChI=1S/C23H25N3O7S2/c1-4-34(28,29)25-18-7-5-16(6-8-18)23(27)24-17-9-12-20(13-10-17)35(30,31)26-21-15-19(32-2)11-14-22(21)33-3/h5-15,25-26H,4H2,1-3H3,(H,24,27). The van der Waals surface area contributed by atoms with Crippen LogP contribution >= 0.6 is 0 Å². The molecule has 0 bridgehead atoms. The predicted molar refractivity (Wildman–Crippen MR) is 134 cm³/mol. The van der Waals surface area contributed by atoms with Gasteiger partial charge >= 0.3 is 0 Å². The van der Waals surface area contributed by atoms with Crippen LogP contribution in [0.4, 0.5) is 17.1 Å². The Hall–Kier alpha value is -3.77. The number of anilines is 3. The van der Waals surface area contributed by atoms with Crippen molar-refractivity contribution in [3.05, 3.63) is 72.3 Å². The Balaban J connectivity index is 1.70.